The van der Waals surface area contributed by atoms with Crippen molar-refractivity contribution in [2.75, 3.05) is 19.6 Å². The summed E-state index contributed by atoms with van der Waals surface area (Å²) in [5.41, 5.74) is 0.693. The van der Waals surface area contributed by atoms with Crippen molar-refractivity contribution < 1.29 is 14.3 Å². The second-order valence-electron chi connectivity index (χ2n) is 6.40. The molecule has 1 saturated heterocycles. The first-order chi connectivity index (χ1) is 10.5. The fraction of sp³-hybridized carbons (Fsp3) is 0.611. The minimum Gasteiger partial charge on any atom is -0.487 e. The third-order valence-electron chi connectivity index (χ3n) is 3.56. The van der Waals surface area contributed by atoms with Crippen LogP contribution in [0.1, 0.15) is 50.9 Å². The monoisotopic (exact) mass is 305 g/mol. The van der Waals surface area contributed by atoms with Gasteiger partial charge in [0.1, 0.15) is 0 Å². The molecular formula is C18H27NO3. The van der Waals surface area contributed by atoms with Gasteiger partial charge < -0.3 is 9.47 Å². The number of ketones is 1. The molecule has 0 saturated carbocycles. The van der Waals surface area contributed by atoms with Crippen LogP contribution < -0.4 is 9.47 Å². The summed E-state index contributed by atoms with van der Waals surface area (Å²) in [4.78, 5) is 14.6. The molecule has 1 aromatic rings. The first kappa shape index (κ1) is 16.8. The molecule has 0 amide bonds. The Labute approximate surface area is 133 Å². The second-order valence-corrected chi connectivity index (χ2v) is 6.40. The highest BCUT2D eigenvalue weighted by atomic mass is 16.5. The number of hydrogen-bond acceptors (Lipinski definition) is 4. The van der Waals surface area contributed by atoms with Crippen molar-refractivity contribution in [3.05, 3.63) is 23.8 Å². The standard InChI is InChI=1S/C18H27NO3/c1-13(2)21-17-8-7-15(11-18(17)22-14(3)4)16(20)12-19-9-5-6-10-19/h7-8,11,13-14H,5-6,9-10,12H2,1-4H3. The van der Waals surface area contributed by atoms with Crippen molar-refractivity contribution in [3.63, 3.8) is 0 Å². The summed E-state index contributed by atoms with van der Waals surface area (Å²) in [6.07, 6.45) is 2.49. The molecule has 1 aliphatic heterocycles. The molecule has 0 bridgehead atoms. The highest BCUT2D eigenvalue weighted by Gasteiger charge is 2.18. The molecule has 0 aliphatic carbocycles. The Morgan fingerprint density at radius 3 is 2.23 bits per heavy atom. The average Bonchev–Trinajstić information content (AvgIpc) is 2.92. The van der Waals surface area contributed by atoms with E-state index in [0.717, 1.165) is 13.1 Å². The molecule has 0 atom stereocenters. The predicted molar refractivity (Wildman–Crippen MR) is 88.0 cm³/mol. The summed E-state index contributed by atoms with van der Waals surface area (Å²) < 4.78 is 11.6. The molecule has 0 unspecified atom stereocenters. The van der Waals surface area contributed by atoms with E-state index in [4.69, 9.17) is 9.47 Å². The zero-order chi connectivity index (χ0) is 16.1. The van der Waals surface area contributed by atoms with Gasteiger partial charge in [-0.25, -0.2) is 0 Å². The maximum atomic E-state index is 12.4. The zero-order valence-corrected chi connectivity index (χ0v) is 14.1. The molecule has 22 heavy (non-hydrogen) atoms. The zero-order valence-electron chi connectivity index (χ0n) is 14.1. The summed E-state index contributed by atoms with van der Waals surface area (Å²) in [6.45, 7) is 10.4. The summed E-state index contributed by atoms with van der Waals surface area (Å²) in [5.74, 6) is 1.49. The molecule has 0 radical (unpaired) electrons. The van der Waals surface area contributed by atoms with E-state index >= 15 is 0 Å². The first-order valence-corrected chi connectivity index (χ1v) is 8.18. The summed E-state index contributed by atoms with van der Waals surface area (Å²) >= 11 is 0. The van der Waals surface area contributed by atoms with Crippen LogP contribution in [0.25, 0.3) is 0 Å². The number of carbonyl (C=O) groups is 1. The molecule has 1 aliphatic rings. The van der Waals surface area contributed by atoms with Gasteiger partial charge in [-0.15, -0.1) is 0 Å². The number of likely N-dealkylation sites (tertiary alicyclic amines) is 1. The van der Waals surface area contributed by atoms with Gasteiger partial charge in [0.2, 0.25) is 0 Å². The van der Waals surface area contributed by atoms with E-state index in [2.05, 4.69) is 4.90 Å². The summed E-state index contributed by atoms with van der Waals surface area (Å²) in [5, 5.41) is 0. The smallest absolute Gasteiger partial charge is 0.176 e. The quantitative estimate of drug-likeness (QED) is 0.722. The van der Waals surface area contributed by atoms with E-state index < -0.39 is 0 Å². The van der Waals surface area contributed by atoms with Gasteiger partial charge in [-0.2, -0.15) is 0 Å². The lowest BCUT2D eigenvalue weighted by Crippen LogP contribution is -2.26. The van der Waals surface area contributed by atoms with Crippen molar-refractivity contribution in [1.29, 1.82) is 0 Å². The molecule has 0 N–H and O–H groups in total. The number of ether oxygens (including phenoxy) is 2. The van der Waals surface area contributed by atoms with Crippen LogP contribution in [0.15, 0.2) is 18.2 Å². The first-order valence-electron chi connectivity index (χ1n) is 8.18. The van der Waals surface area contributed by atoms with E-state index in [9.17, 15) is 4.79 Å². The Kier molecular flexibility index (Phi) is 5.83. The Bertz CT molecular complexity index is 505. The number of benzene rings is 1. The lowest BCUT2D eigenvalue weighted by atomic mass is 10.1. The fourth-order valence-corrected chi connectivity index (χ4v) is 2.61. The van der Waals surface area contributed by atoms with Gasteiger partial charge in [-0.1, -0.05) is 0 Å². The van der Waals surface area contributed by atoms with Crippen LogP contribution in [-0.4, -0.2) is 42.5 Å². The largest absolute Gasteiger partial charge is 0.487 e. The van der Waals surface area contributed by atoms with Crippen LogP contribution in [0.5, 0.6) is 11.5 Å². The molecule has 2 rings (SSSR count). The van der Waals surface area contributed by atoms with Crippen LogP contribution in [0.4, 0.5) is 0 Å². The molecule has 1 aromatic carbocycles. The van der Waals surface area contributed by atoms with Gasteiger partial charge in [-0.3, -0.25) is 9.69 Å². The molecular weight excluding hydrogens is 278 g/mol. The lowest BCUT2D eigenvalue weighted by molar-refractivity contribution is 0.0944. The minimum atomic E-state index is 0.0402. The maximum absolute atomic E-state index is 12.4. The van der Waals surface area contributed by atoms with E-state index in [1.807, 2.05) is 45.9 Å². The summed E-state index contributed by atoms with van der Waals surface area (Å²) in [7, 11) is 0. The van der Waals surface area contributed by atoms with Gasteiger partial charge in [0.25, 0.3) is 0 Å². The van der Waals surface area contributed by atoms with Crippen molar-refractivity contribution >= 4 is 5.78 Å². The van der Waals surface area contributed by atoms with Crippen molar-refractivity contribution in [3.8, 4) is 11.5 Å². The molecule has 4 nitrogen and oxygen atoms in total. The van der Waals surface area contributed by atoms with Crippen molar-refractivity contribution in [2.45, 2.75) is 52.7 Å². The Balaban J connectivity index is 2.15. The van der Waals surface area contributed by atoms with Gasteiger partial charge in [0, 0.05) is 5.56 Å². The van der Waals surface area contributed by atoms with Gasteiger partial charge in [-0.05, 0) is 71.8 Å². The molecule has 4 heteroatoms. The second kappa shape index (κ2) is 7.63. The van der Waals surface area contributed by atoms with Crippen LogP contribution >= 0.6 is 0 Å². The van der Waals surface area contributed by atoms with Crippen LogP contribution in [0.3, 0.4) is 0 Å². The Morgan fingerprint density at radius 1 is 1.05 bits per heavy atom. The van der Waals surface area contributed by atoms with Crippen LogP contribution in [0, 0.1) is 0 Å². The highest BCUT2D eigenvalue weighted by molar-refractivity contribution is 5.98. The van der Waals surface area contributed by atoms with Gasteiger partial charge >= 0.3 is 0 Å². The number of hydrogen-bond donors (Lipinski definition) is 0. The number of rotatable bonds is 7. The number of carbonyl (C=O) groups excluding carboxylic acids is 1. The lowest BCUT2D eigenvalue weighted by Gasteiger charge is -2.18. The van der Waals surface area contributed by atoms with Crippen LogP contribution in [0.2, 0.25) is 0 Å². The van der Waals surface area contributed by atoms with Crippen molar-refractivity contribution in [1.82, 2.24) is 4.90 Å². The molecule has 1 heterocycles. The third-order valence-corrected chi connectivity index (χ3v) is 3.56. The van der Waals surface area contributed by atoms with Crippen LogP contribution in [-0.2, 0) is 0 Å². The molecule has 0 spiro atoms. The topological polar surface area (TPSA) is 38.8 Å². The minimum absolute atomic E-state index is 0.0402. The molecule has 0 aromatic heterocycles. The van der Waals surface area contributed by atoms with E-state index in [-0.39, 0.29) is 18.0 Å². The SMILES string of the molecule is CC(C)Oc1ccc(C(=O)CN2CCCC2)cc1OC(C)C. The number of Topliss-reactive ketones (excluding diaryl/α,β-unsaturated/α-hetero) is 1. The predicted octanol–water partition coefficient (Wildman–Crippen LogP) is 3.54. The van der Waals surface area contributed by atoms with E-state index in [0.29, 0.717) is 23.6 Å². The van der Waals surface area contributed by atoms with E-state index in [1.54, 1.807) is 0 Å². The van der Waals surface area contributed by atoms with E-state index in [1.165, 1.54) is 12.8 Å². The Morgan fingerprint density at radius 2 is 1.64 bits per heavy atom. The maximum Gasteiger partial charge on any atom is 0.176 e. The average molecular weight is 305 g/mol. The van der Waals surface area contributed by atoms with Gasteiger partial charge in [0.05, 0.1) is 18.8 Å². The molecule has 122 valence electrons. The van der Waals surface area contributed by atoms with Gasteiger partial charge in [0.15, 0.2) is 17.3 Å². The summed E-state index contributed by atoms with van der Waals surface area (Å²) in [6, 6.07) is 5.49. The normalized spacial score (nSPS) is 15.5. The number of nitrogens with zero attached hydrogens (tertiary/aromatic N) is 1. The van der Waals surface area contributed by atoms with Crippen molar-refractivity contribution in [2.24, 2.45) is 0 Å². The fourth-order valence-electron chi connectivity index (χ4n) is 2.61. The Hall–Kier alpha value is -1.55. The molecule has 1 fully saturated rings. The third kappa shape index (κ3) is 4.73. The highest BCUT2D eigenvalue weighted by Crippen LogP contribution is 2.30.